The van der Waals surface area contributed by atoms with Crippen molar-refractivity contribution in [1.29, 1.82) is 0 Å². The Bertz CT molecular complexity index is 1320. The third-order valence-electron chi connectivity index (χ3n) is 7.38. The normalized spacial score (nSPS) is 11.6. The Morgan fingerprint density at radius 1 is 0.825 bits per heavy atom. The molecule has 5 heteroatoms. The van der Waals surface area contributed by atoms with Crippen molar-refractivity contribution >= 4 is 16.9 Å². The Morgan fingerprint density at radius 3 is 2.35 bits per heavy atom. The highest BCUT2D eigenvalue weighted by Crippen LogP contribution is 2.24. The molecule has 4 rings (SSSR count). The predicted molar refractivity (Wildman–Crippen MR) is 165 cm³/mol. The van der Waals surface area contributed by atoms with Gasteiger partial charge >= 0.3 is 0 Å². The topological polar surface area (TPSA) is 56.1 Å². The van der Waals surface area contributed by atoms with Crippen LogP contribution >= 0.6 is 0 Å². The van der Waals surface area contributed by atoms with Crippen LogP contribution in [0.2, 0.25) is 0 Å². The van der Waals surface area contributed by atoms with Gasteiger partial charge in [0, 0.05) is 25.9 Å². The summed E-state index contributed by atoms with van der Waals surface area (Å²) in [7, 11) is 0. The first kappa shape index (κ1) is 29.4. The smallest absolute Gasteiger partial charge is 0.220 e. The van der Waals surface area contributed by atoms with Crippen LogP contribution in [0.4, 0.5) is 0 Å². The molecule has 0 aliphatic heterocycles. The molecule has 1 heterocycles. The summed E-state index contributed by atoms with van der Waals surface area (Å²) in [5.41, 5.74) is 4.96. The van der Waals surface area contributed by atoms with Gasteiger partial charge < -0.3 is 14.6 Å². The third kappa shape index (κ3) is 8.97. The summed E-state index contributed by atoms with van der Waals surface area (Å²) in [5.74, 6) is 2.23. The first-order chi connectivity index (χ1) is 19.4. The van der Waals surface area contributed by atoms with E-state index in [1.54, 1.807) is 0 Å². The molecule has 0 saturated carbocycles. The van der Waals surface area contributed by atoms with E-state index in [4.69, 9.17) is 9.72 Å². The number of hydrogen-bond donors (Lipinski definition) is 1. The van der Waals surface area contributed by atoms with E-state index in [-0.39, 0.29) is 11.3 Å². The molecule has 1 aromatic heterocycles. The maximum Gasteiger partial charge on any atom is 0.220 e. The van der Waals surface area contributed by atoms with Crippen molar-refractivity contribution in [2.24, 2.45) is 0 Å². The minimum atomic E-state index is 0.136. The van der Waals surface area contributed by atoms with E-state index in [1.165, 1.54) is 16.6 Å². The number of carbonyl (C=O) groups excluding carboxylic acids is 1. The first-order valence-electron chi connectivity index (χ1n) is 14.9. The number of nitrogens with one attached hydrogen (secondary N) is 1. The van der Waals surface area contributed by atoms with E-state index < -0.39 is 0 Å². The van der Waals surface area contributed by atoms with Gasteiger partial charge in [0.15, 0.2) is 0 Å². The lowest BCUT2D eigenvalue weighted by molar-refractivity contribution is -0.121. The number of para-hydroxylation sites is 2. The Morgan fingerprint density at radius 2 is 1.57 bits per heavy atom. The summed E-state index contributed by atoms with van der Waals surface area (Å²) in [5, 5.41) is 3.07. The summed E-state index contributed by atoms with van der Waals surface area (Å²) in [6, 6.07) is 27.1. The predicted octanol–water partition coefficient (Wildman–Crippen LogP) is 7.65. The van der Waals surface area contributed by atoms with Gasteiger partial charge in [-0.2, -0.15) is 0 Å². The minimum Gasteiger partial charge on any atom is -0.494 e. The summed E-state index contributed by atoms with van der Waals surface area (Å²) >= 11 is 0. The highest BCUT2D eigenvalue weighted by molar-refractivity contribution is 5.76. The van der Waals surface area contributed by atoms with Crippen molar-refractivity contribution in [3.8, 4) is 5.75 Å². The maximum atomic E-state index is 12.2. The van der Waals surface area contributed by atoms with Crippen LogP contribution in [0.25, 0.3) is 11.0 Å². The van der Waals surface area contributed by atoms with Gasteiger partial charge in [-0.1, -0.05) is 81.8 Å². The summed E-state index contributed by atoms with van der Waals surface area (Å²) < 4.78 is 8.40. The molecule has 40 heavy (non-hydrogen) atoms. The lowest BCUT2D eigenvalue weighted by Crippen LogP contribution is -2.24. The van der Waals surface area contributed by atoms with E-state index >= 15 is 0 Å². The monoisotopic (exact) mass is 539 g/mol. The first-order valence-corrected chi connectivity index (χ1v) is 14.9. The summed E-state index contributed by atoms with van der Waals surface area (Å²) in [6.45, 7) is 9.08. The molecule has 212 valence electrons. The molecule has 0 bridgehead atoms. The Kier molecular flexibility index (Phi) is 10.8. The number of benzene rings is 3. The van der Waals surface area contributed by atoms with E-state index in [2.05, 4.69) is 91.3 Å². The molecule has 0 fully saturated rings. The fraction of sp³-hybridized carbons (Fsp3) is 0.429. The van der Waals surface area contributed by atoms with Gasteiger partial charge in [0.1, 0.15) is 11.6 Å². The number of amides is 1. The molecule has 0 atom stereocenters. The van der Waals surface area contributed by atoms with Crippen LogP contribution in [0, 0.1) is 0 Å². The molecular formula is C35H45N3O2. The van der Waals surface area contributed by atoms with Crippen LogP contribution in [0.3, 0.4) is 0 Å². The van der Waals surface area contributed by atoms with Crippen LogP contribution < -0.4 is 10.1 Å². The van der Waals surface area contributed by atoms with E-state index in [0.29, 0.717) is 13.0 Å². The number of aromatic nitrogens is 2. The van der Waals surface area contributed by atoms with Gasteiger partial charge in [0.2, 0.25) is 5.91 Å². The molecule has 3 aromatic carbocycles. The van der Waals surface area contributed by atoms with Gasteiger partial charge in [-0.15, -0.1) is 0 Å². The minimum absolute atomic E-state index is 0.136. The molecule has 1 N–H and O–H groups in total. The number of unbranched alkanes of at least 4 members (excludes halogenated alkanes) is 3. The number of fused-ring (bicyclic) bond motifs is 1. The van der Waals surface area contributed by atoms with Crippen molar-refractivity contribution in [2.75, 3.05) is 13.2 Å². The molecule has 0 unspecified atom stereocenters. The number of carbonyl (C=O) groups is 1. The Hall–Kier alpha value is -3.60. The van der Waals surface area contributed by atoms with Gasteiger partial charge in [0.05, 0.1) is 17.6 Å². The van der Waals surface area contributed by atoms with E-state index in [9.17, 15) is 4.79 Å². The maximum absolute atomic E-state index is 12.2. The quantitative estimate of drug-likeness (QED) is 0.158. The molecule has 0 aliphatic carbocycles. The highest BCUT2D eigenvalue weighted by Gasteiger charge is 2.13. The fourth-order valence-electron chi connectivity index (χ4n) is 4.98. The number of ether oxygens (including phenoxy) is 1. The number of imidazole rings is 1. The SMILES string of the molecule is CC(C)(C)c1ccc(OCCCCn2c(CCCCCNC(=O)CCc3ccccc3)nc3ccccc32)cc1. The van der Waals surface area contributed by atoms with Gasteiger partial charge in [0.25, 0.3) is 0 Å². The molecule has 0 aliphatic rings. The van der Waals surface area contributed by atoms with Crippen LogP contribution in [0.5, 0.6) is 5.75 Å². The molecular weight excluding hydrogens is 494 g/mol. The molecule has 5 nitrogen and oxygen atoms in total. The second kappa shape index (κ2) is 14.7. The lowest BCUT2D eigenvalue weighted by Gasteiger charge is -2.19. The van der Waals surface area contributed by atoms with E-state index in [1.807, 2.05) is 18.2 Å². The van der Waals surface area contributed by atoms with E-state index in [0.717, 1.165) is 75.1 Å². The zero-order valence-corrected chi connectivity index (χ0v) is 24.5. The van der Waals surface area contributed by atoms with Crippen molar-refractivity contribution in [3.05, 3.63) is 95.8 Å². The van der Waals surface area contributed by atoms with Crippen LogP contribution in [0.1, 0.15) is 76.2 Å². The van der Waals surface area contributed by atoms with Crippen LogP contribution in [-0.4, -0.2) is 28.6 Å². The van der Waals surface area contributed by atoms with Gasteiger partial charge in [-0.25, -0.2) is 4.98 Å². The lowest BCUT2D eigenvalue weighted by atomic mass is 9.87. The summed E-state index contributed by atoms with van der Waals surface area (Å²) in [6.07, 6.45) is 7.46. The molecule has 0 saturated heterocycles. The molecule has 0 radical (unpaired) electrons. The Balaban J connectivity index is 1.17. The summed E-state index contributed by atoms with van der Waals surface area (Å²) in [4.78, 5) is 17.1. The second-order valence-electron chi connectivity index (χ2n) is 11.6. The highest BCUT2D eigenvalue weighted by atomic mass is 16.5. The second-order valence-corrected chi connectivity index (χ2v) is 11.6. The molecule has 1 amide bonds. The largest absolute Gasteiger partial charge is 0.494 e. The fourth-order valence-corrected chi connectivity index (χ4v) is 4.98. The van der Waals surface area contributed by atoms with Crippen molar-refractivity contribution in [1.82, 2.24) is 14.9 Å². The number of aryl methyl sites for hydroxylation is 3. The van der Waals surface area contributed by atoms with Gasteiger partial charge in [-0.3, -0.25) is 4.79 Å². The molecule has 0 spiro atoms. The zero-order valence-electron chi connectivity index (χ0n) is 24.5. The zero-order chi connectivity index (χ0) is 28.2. The average molecular weight is 540 g/mol. The van der Waals surface area contributed by atoms with Crippen molar-refractivity contribution in [2.45, 2.75) is 84.1 Å². The Labute approximate surface area is 240 Å². The van der Waals surface area contributed by atoms with Crippen molar-refractivity contribution in [3.63, 3.8) is 0 Å². The average Bonchev–Trinajstić information content (AvgIpc) is 3.31. The standard InChI is InChI=1S/C35H45N3O2/c1-35(2,3)29-20-22-30(23-21-29)40-27-13-12-26-38-32-17-10-9-16-31(32)37-33(38)18-8-5-11-25-36-34(39)24-19-28-14-6-4-7-15-28/h4,6-7,9-10,14-17,20-23H,5,8,11-13,18-19,24-27H2,1-3H3,(H,36,39). The molecule has 4 aromatic rings. The third-order valence-corrected chi connectivity index (χ3v) is 7.38. The van der Waals surface area contributed by atoms with Gasteiger partial charge in [-0.05, 0) is 72.9 Å². The number of hydrogen-bond acceptors (Lipinski definition) is 3. The van der Waals surface area contributed by atoms with Crippen molar-refractivity contribution < 1.29 is 9.53 Å². The number of rotatable bonds is 15. The number of nitrogens with zero attached hydrogens (tertiary/aromatic N) is 2. The van der Waals surface area contributed by atoms with Crippen LogP contribution in [-0.2, 0) is 29.6 Å². The van der Waals surface area contributed by atoms with Crippen LogP contribution in [0.15, 0.2) is 78.9 Å².